The van der Waals surface area contributed by atoms with E-state index in [0.29, 0.717) is 18.4 Å². The first-order chi connectivity index (χ1) is 12.3. The Morgan fingerprint density at radius 3 is 2.38 bits per heavy atom. The topological polar surface area (TPSA) is 113 Å². The minimum Gasteiger partial charge on any atom is -0.416 e. The Morgan fingerprint density at radius 1 is 1.19 bits per heavy atom. The van der Waals surface area contributed by atoms with E-state index >= 15 is 0 Å². The summed E-state index contributed by atoms with van der Waals surface area (Å²) in [6.45, 7) is 5.58. The van der Waals surface area contributed by atoms with E-state index in [1.165, 1.54) is 12.1 Å². The number of esters is 1. The second-order valence-corrected chi connectivity index (χ2v) is 5.92. The Hall–Kier alpha value is -2.77. The molecule has 0 radical (unpaired) electrons. The highest BCUT2D eigenvalue weighted by Gasteiger charge is 2.30. The number of nitro benzene ring substituents is 2. The highest BCUT2D eigenvalue weighted by Crippen LogP contribution is 2.42. The summed E-state index contributed by atoms with van der Waals surface area (Å²) in [6, 6.07) is 2.12. The molecule has 1 atom stereocenters. The average molecular weight is 364 g/mol. The van der Waals surface area contributed by atoms with Crippen LogP contribution in [-0.2, 0) is 4.79 Å². The van der Waals surface area contributed by atoms with Crippen LogP contribution in [0.5, 0.6) is 5.75 Å². The van der Waals surface area contributed by atoms with Gasteiger partial charge in [0.1, 0.15) is 0 Å². The van der Waals surface area contributed by atoms with Gasteiger partial charge in [-0.05, 0) is 25.7 Å². The van der Waals surface area contributed by atoms with E-state index in [4.69, 9.17) is 4.74 Å². The zero-order chi connectivity index (χ0) is 19.7. The van der Waals surface area contributed by atoms with Crippen LogP contribution in [0.2, 0.25) is 0 Å². The number of non-ortho nitro benzene ring substituents is 1. The van der Waals surface area contributed by atoms with Gasteiger partial charge in [0.05, 0.1) is 15.9 Å². The lowest BCUT2D eigenvalue weighted by atomic mass is 9.89. The van der Waals surface area contributed by atoms with Crippen molar-refractivity contribution >= 4 is 17.3 Å². The van der Waals surface area contributed by atoms with E-state index in [1.54, 1.807) is 6.92 Å². The molecule has 8 heteroatoms. The Labute approximate surface area is 152 Å². The number of allylic oxidation sites excluding steroid dienone is 1. The molecule has 0 saturated carbocycles. The Kier molecular flexibility index (Phi) is 8.41. The third-order valence-electron chi connectivity index (χ3n) is 4.08. The molecule has 0 aliphatic rings. The Morgan fingerprint density at radius 2 is 1.88 bits per heavy atom. The quantitative estimate of drug-likeness (QED) is 0.143. The van der Waals surface area contributed by atoms with Crippen molar-refractivity contribution in [3.8, 4) is 5.75 Å². The van der Waals surface area contributed by atoms with Crippen LogP contribution in [0.3, 0.4) is 0 Å². The van der Waals surface area contributed by atoms with E-state index in [1.807, 2.05) is 6.92 Å². The van der Waals surface area contributed by atoms with Gasteiger partial charge < -0.3 is 4.74 Å². The SMILES string of the molecule is C/C=C/C(=O)Oc1c(C(CC)CCCCC)cc([N+](=O)[O-])cc1[N+](=O)[O-]. The Bertz CT molecular complexity index is 699. The first-order valence-corrected chi connectivity index (χ1v) is 8.66. The molecule has 1 rings (SSSR count). The summed E-state index contributed by atoms with van der Waals surface area (Å²) in [5, 5.41) is 22.6. The van der Waals surface area contributed by atoms with Gasteiger partial charge in [-0.25, -0.2) is 4.79 Å². The predicted molar refractivity (Wildman–Crippen MR) is 97.4 cm³/mol. The lowest BCUT2D eigenvalue weighted by Crippen LogP contribution is -2.11. The molecule has 8 nitrogen and oxygen atoms in total. The molecule has 0 heterocycles. The maximum atomic E-state index is 11.9. The van der Waals surface area contributed by atoms with Gasteiger partial charge >= 0.3 is 11.7 Å². The number of nitrogens with zero attached hydrogens (tertiary/aromatic N) is 2. The molecule has 1 unspecified atom stereocenters. The van der Waals surface area contributed by atoms with Crippen LogP contribution in [0.4, 0.5) is 11.4 Å². The van der Waals surface area contributed by atoms with Gasteiger partial charge in [-0.1, -0.05) is 39.2 Å². The van der Waals surface area contributed by atoms with Crippen LogP contribution in [0, 0.1) is 20.2 Å². The monoisotopic (exact) mass is 364 g/mol. The van der Waals surface area contributed by atoms with Gasteiger partial charge in [0, 0.05) is 17.7 Å². The summed E-state index contributed by atoms with van der Waals surface area (Å²) in [4.78, 5) is 33.1. The van der Waals surface area contributed by atoms with Crippen molar-refractivity contribution in [2.24, 2.45) is 0 Å². The second kappa shape index (κ2) is 10.3. The maximum absolute atomic E-state index is 11.9. The molecule has 0 fully saturated rings. The number of carbonyl (C=O) groups excluding carboxylic acids is 1. The fourth-order valence-corrected chi connectivity index (χ4v) is 2.77. The van der Waals surface area contributed by atoms with E-state index in [9.17, 15) is 25.0 Å². The lowest BCUT2D eigenvalue weighted by molar-refractivity contribution is -0.394. The van der Waals surface area contributed by atoms with Crippen molar-refractivity contribution in [2.75, 3.05) is 0 Å². The van der Waals surface area contributed by atoms with E-state index in [-0.39, 0.29) is 17.4 Å². The molecule has 1 aromatic rings. The zero-order valence-corrected chi connectivity index (χ0v) is 15.3. The first-order valence-electron chi connectivity index (χ1n) is 8.66. The summed E-state index contributed by atoms with van der Waals surface area (Å²) in [6.07, 6.45) is 6.81. The zero-order valence-electron chi connectivity index (χ0n) is 15.3. The Balaban J connectivity index is 3.51. The summed E-state index contributed by atoms with van der Waals surface area (Å²) in [7, 11) is 0. The predicted octanol–water partition coefficient (Wildman–Crippen LogP) is 5.06. The van der Waals surface area contributed by atoms with Crippen molar-refractivity contribution in [1.82, 2.24) is 0 Å². The molecular formula is C18H24N2O6. The van der Waals surface area contributed by atoms with Crippen LogP contribution in [0.25, 0.3) is 0 Å². The summed E-state index contributed by atoms with van der Waals surface area (Å²) in [5.41, 5.74) is -0.616. The van der Waals surface area contributed by atoms with Crippen LogP contribution >= 0.6 is 0 Å². The van der Waals surface area contributed by atoms with Gasteiger partial charge in [-0.3, -0.25) is 20.2 Å². The molecule has 0 aromatic heterocycles. The van der Waals surface area contributed by atoms with Crippen LogP contribution in [-0.4, -0.2) is 15.8 Å². The van der Waals surface area contributed by atoms with E-state index in [2.05, 4.69) is 6.92 Å². The molecular weight excluding hydrogens is 340 g/mol. The van der Waals surface area contributed by atoms with E-state index in [0.717, 1.165) is 31.4 Å². The fourth-order valence-electron chi connectivity index (χ4n) is 2.77. The van der Waals surface area contributed by atoms with Gasteiger partial charge in [-0.2, -0.15) is 0 Å². The molecule has 0 aliphatic heterocycles. The molecule has 0 N–H and O–H groups in total. The van der Waals surface area contributed by atoms with Crippen LogP contribution in [0.15, 0.2) is 24.3 Å². The minimum atomic E-state index is -0.756. The third-order valence-corrected chi connectivity index (χ3v) is 4.08. The van der Waals surface area contributed by atoms with Crippen molar-refractivity contribution < 1.29 is 19.4 Å². The van der Waals surface area contributed by atoms with Gasteiger partial charge in [0.15, 0.2) is 0 Å². The number of hydrogen-bond acceptors (Lipinski definition) is 6. The number of benzene rings is 1. The van der Waals surface area contributed by atoms with Crippen molar-refractivity contribution in [3.05, 3.63) is 50.1 Å². The number of ether oxygens (including phenoxy) is 1. The lowest BCUT2D eigenvalue weighted by Gasteiger charge is -2.18. The molecule has 0 saturated heterocycles. The van der Waals surface area contributed by atoms with Crippen molar-refractivity contribution in [1.29, 1.82) is 0 Å². The smallest absolute Gasteiger partial charge is 0.336 e. The maximum Gasteiger partial charge on any atom is 0.336 e. The largest absolute Gasteiger partial charge is 0.416 e. The summed E-state index contributed by atoms with van der Waals surface area (Å²) >= 11 is 0. The van der Waals surface area contributed by atoms with Crippen LogP contribution in [0.1, 0.15) is 64.4 Å². The second-order valence-electron chi connectivity index (χ2n) is 5.92. The molecule has 142 valence electrons. The number of carbonyl (C=O) groups is 1. The van der Waals surface area contributed by atoms with Gasteiger partial charge in [-0.15, -0.1) is 0 Å². The van der Waals surface area contributed by atoms with Gasteiger partial charge in [0.25, 0.3) is 5.69 Å². The normalized spacial score (nSPS) is 12.1. The van der Waals surface area contributed by atoms with Crippen molar-refractivity contribution in [2.45, 2.75) is 58.8 Å². The standard InChI is InChI=1S/C18H24N2O6/c1-4-7-8-10-13(6-3)15-11-14(19(22)23)12-16(20(24)25)18(15)26-17(21)9-5-2/h5,9,11-13H,4,6-8,10H2,1-3H3/b9-5+. The van der Waals surface area contributed by atoms with Crippen molar-refractivity contribution in [3.63, 3.8) is 0 Å². The molecule has 0 amide bonds. The minimum absolute atomic E-state index is 0.173. The molecule has 0 aliphatic carbocycles. The molecule has 26 heavy (non-hydrogen) atoms. The number of rotatable bonds is 10. The van der Waals surface area contributed by atoms with Gasteiger partial charge in [0.2, 0.25) is 5.75 Å². The van der Waals surface area contributed by atoms with Crippen LogP contribution < -0.4 is 4.74 Å². The number of unbranched alkanes of at least 4 members (excludes halogenated alkanes) is 2. The molecule has 0 spiro atoms. The third kappa shape index (κ3) is 5.65. The molecule has 0 bridgehead atoms. The number of nitro groups is 2. The van der Waals surface area contributed by atoms with E-state index < -0.39 is 21.5 Å². The molecule has 1 aromatic carbocycles. The first kappa shape index (κ1) is 21.3. The highest BCUT2D eigenvalue weighted by atomic mass is 16.6. The summed E-state index contributed by atoms with van der Waals surface area (Å²) in [5.74, 6) is -1.13. The highest BCUT2D eigenvalue weighted by molar-refractivity contribution is 5.85. The summed E-state index contributed by atoms with van der Waals surface area (Å²) < 4.78 is 5.21. The number of hydrogen-bond donors (Lipinski definition) is 0. The average Bonchev–Trinajstić information content (AvgIpc) is 2.59. The fraction of sp³-hybridized carbons (Fsp3) is 0.500.